The summed E-state index contributed by atoms with van der Waals surface area (Å²) in [6, 6.07) is 11.9. The van der Waals surface area contributed by atoms with Gasteiger partial charge in [0.15, 0.2) is 0 Å². The Kier molecular flexibility index (Phi) is 8.50. The second-order valence-electron chi connectivity index (χ2n) is 7.19. The SMILES string of the molecule is CCNC(=O)Nc1cc(Nc2cccnc2)c(C(=O)Nc2ccc(CCC(=O)OC)cc2)cn1. The van der Waals surface area contributed by atoms with Crippen LogP contribution in [0.2, 0.25) is 0 Å². The highest BCUT2D eigenvalue weighted by Crippen LogP contribution is 2.24. The molecule has 0 fully saturated rings. The van der Waals surface area contributed by atoms with Crippen LogP contribution in [0, 0.1) is 0 Å². The van der Waals surface area contributed by atoms with E-state index in [1.165, 1.54) is 13.3 Å². The molecule has 1 aromatic carbocycles. The van der Waals surface area contributed by atoms with Gasteiger partial charge in [0.05, 0.1) is 30.2 Å². The van der Waals surface area contributed by atoms with E-state index in [-0.39, 0.29) is 29.7 Å². The molecule has 4 N–H and O–H groups in total. The minimum Gasteiger partial charge on any atom is -0.469 e. The Labute approximate surface area is 197 Å². The lowest BCUT2D eigenvalue weighted by atomic mass is 10.1. The van der Waals surface area contributed by atoms with Crippen molar-refractivity contribution >= 4 is 40.8 Å². The predicted octanol–water partition coefficient (Wildman–Crippen LogP) is 3.72. The molecule has 3 amide bonds. The van der Waals surface area contributed by atoms with Crippen LogP contribution in [0.5, 0.6) is 0 Å². The van der Waals surface area contributed by atoms with Crippen molar-refractivity contribution in [3.63, 3.8) is 0 Å². The third kappa shape index (κ3) is 7.02. The van der Waals surface area contributed by atoms with Crippen molar-refractivity contribution < 1.29 is 19.1 Å². The maximum atomic E-state index is 13.0. The first-order valence-corrected chi connectivity index (χ1v) is 10.7. The summed E-state index contributed by atoms with van der Waals surface area (Å²) in [5, 5.41) is 11.3. The van der Waals surface area contributed by atoms with Crippen LogP contribution < -0.4 is 21.3 Å². The quantitative estimate of drug-likeness (QED) is 0.356. The molecule has 3 rings (SSSR count). The number of amides is 3. The highest BCUT2D eigenvalue weighted by Gasteiger charge is 2.15. The number of carbonyl (C=O) groups is 3. The van der Waals surface area contributed by atoms with E-state index in [0.717, 1.165) is 5.56 Å². The molecule has 0 atom stereocenters. The number of ether oxygens (including phenoxy) is 1. The third-order valence-corrected chi connectivity index (χ3v) is 4.73. The van der Waals surface area contributed by atoms with Gasteiger partial charge in [-0.25, -0.2) is 9.78 Å². The van der Waals surface area contributed by atoms with Gasteiger partial charge in [0.1, 0.15) is 5.82 Å². The van der Waals surface area contributed by atoms with Crippen molar-refractivity contribution in [1.29, 1.82) is 0 Å². The summed E-state index contributed by atoms with van der Waals surface area (Å²) < 4.78 is 4.65. The number of hydrogen-bond donors (Lipinski definition) is 4. The van der Waals surface area contributed by atoms with Gasteiger partial charge in [0.25, 0.3) is 5.91 Å². The molecule has 0 saturated carbocycles. The number of methoxy groups -OCH3 is 1. The van der Waals surface area contributed by atoms with Crippen molar-refractivity contribution in [2.75, 3.05) is 29.6 Å². The van der Waals surface area contributed by atoms with Gasteiger partial charge in [-0.05, 0) is 43.2 Å². The van der Waals surface area contributed by atoms with Crippen LogP contribution in [-0.2, 0) is 16.0 Å². The van der Waals surface area contributed by atoms with Gasteiger partial charge in [-0.15, -0.1) is 0 Å². The average molecular weight is 463 g/mol. The van der Waals surface area contributed by atoms with Crippen LogP contribution >= 0.6 is 0 Å². The molecule has 0 bridgehead atoms. The summed E-state index contributed by atoms with van der Waals surface area (Å²) in [5.41, 5.74) is 2.93. The Bertz CT molecular complexity index is 1140. The van der Waals surface area contributed by atoms with Gasteiger partial charge in [-0.2, -0.15) is 0 Å². The smallest absolute Gasteiger partial charge is 0.320 e. The fourth-order valence-electron chi connectivity index (χ4n) is 3.02. The molecule has 0 saturated heterocycles. The minimum absolute atomic E-state index is 0.274. The minimum atomic E-state index is -0.396. The molecule has 0 aliphatic carbocycles. The number of carbonyl (C=O) groups excluding carboxylic acids is 3. The van der Waals surface area contributed by atoms with Crippen molar-refractivity contribution in [2.24, 2.45) is 0 Å². The lowest BCUT2D eigenvalue weighted by molar-refractivity contribution is -0.140. The van der Waals surface area contributed by atoms with Gasteiger partial charge in [-0.3, -0.25) is 19.9 Å². The molecule has 10 heteroatoms. The van der Waals surface area contributed by atoms with E-state index in [9.17, 15) is 14.4 Å². The number of esters is 1. The van der Waals surface area contributed by atoms with E-state index in [0.29, 0.717) is 30.0 Å². The molecule has 176 valence electrons. The van der Waals surface area contributed by atoms with Crippen LogP contribution in [0.1, 0.15) is 29.3 Å². The Balaban J connectivity index is 1.77. The first-order valence-electron chi connectivity index (χ1n) is 10.7. The van der Waals surface area contributed by atoms with Crippen molar-refractivity contribution in [3.8, 4) is 0 Å². The van der Waals surface area contributed by atoms with Crippen LogP contribution in [-0.4, -0.2) is 41.5 Å². The molecule has 10 nitrogen and oxygen atoms in total. The van der Waals surface area contributed by atoms with Gasteiger partial charge in [-0.1, -0.05) is 12.1 Å². The van der Waals surface area contributed by atoms with E-state index < -0.39 is 6.03 Å². The molecular formula is C24H26N6O4. The van der Waals surface area contributed by atoms with Gasteiger partial charge < -0.3 is 20.7 Å². The molecule has 0 aliphatic rings. The Morgan fingerprint density at radius 1 is 1.00 bits per heavy atom. The van der Waals surface area contributed by atoms with Gasteiger partial charge in [0.2, 0.25) is 0 Å². The third-order valence-electron chi connectivity index (χ3n) is 4.73. The number of rotatable bonds is 9. The molecular weight excluding hydrogens is 436 g/mol. The van der Waals surface area contributed by atoms with Crippen molar-refractivity contribution in [3.05, 3.63) is 72.2 Å². The topological polar surface area (TPSA) is 134 Å². The Morgan fingerprint density at radius 3 is 2.47 bits per heavy atom. The molecule has 0 aliphatic heterocycles. The van der Waals surface area contributed by atoms with E-state index in [2.05, 4.69) is 36.0 Å². The largest absolute Gasteiger partial charge is 0.469 e. The fourth-order valence-corrected chi connectivity index (χ4v) is 3.02. The molecule has 0 unspecified atom stereocenters. The molecule has 34 heavy (non-hydrogen) atoms. The highest BCUT2D eigenvalue weighted by molar-refractivity contribution is 6.08. The number of urea groups is 1. The number of nitrogens with zero attached hydrogens (tertiary/aromatic N) is 2. The maximum absolute atomic E-state index is 13.0. The molecule has 0 radical (unpaired) electrons. The predicted molar refractivity (Wildman–Crippen MR) is 129 cm³/mol. The second kappa shape index (κ2) is 12.0. The number of hydrogen-bond acceptors (Lipinski definition) is 7. The van der Waals surface area contributed by atoms with Gasteiger partial charge in [0, 0.05) is 37.1 Å². The Hall–Kier alpha value is -4.47. The van der Waals surface area contributed by atoms with E-state index in [4.69, 9.17) is 0 Å². The standard InChI is InChI=1S/C24H26N6O4/c1-3-26-24(33)30-21-13-20(28-18-5-4-12-25-14-18)19(15-27-21)23(32)29-17-9-6-16(7-10-17)8-11-22(31)34-2/h4-7,9-10,12-15H,3,8,11H2,1-2H3,(H,29,32)(H3,26,27,28,30,33). The summed E-state index contributed by atoms with van der Waals surface area (Å²) in [4.78, 5) is 44.5. The molecule has 2 heterocycles. The maximum Gasteiger partial charge on any atom is 0.320 e. The first-order chi connectivity index (χ1) is 16.5. The summed E-state index contributed by atoms with van der Waals surface area (Å²) >= 11 is 0. The van der Waals surface area contributed by atoms with Crippen molar-refractivity contribution in [2.45, 2.75) is 19.8 Å². The summed E-state index contributed by atoms with van der Waals surface area (Å²) in [6.45, 7) is 2.27. The number of aryl methyl sites for hydroxylation is 1. The highest BCUT2D eigenvalue weighted by atomic mass is 16.5. The lowest BCUT2D eigenvalue weighted by Gasteiger charge is -2.14. The summed E-state index contributed by atoms with van der Waals surface area (Å²) in [7, 11) is 1.36. The van der Waals surface area contributed by atoms with Crippen LogP contribution in [0.4, 0.5) is 27.7 Å². The molecule has 2 aromatic heterocycles. The zero-order valence-electron chi connectivity index (χ0n) is 18.9. The number of aromatic nitrogens is 2. The summed E-state index contributed by atoms with van der Waals surface area (Å²) in [6.07, 6.45) is 5.48. The monoisotopic (exact) mass is 462 g/mol. The van der Waals surface area contributed by atoms with Gasteiger partial charge >= 0.3 is 12.0 Å². The number of benzene rings is 1. The van der Waals surface area contributed by atoms with Crippen LogP contribution in [0.15, 0.2) is 61.1 Å². The first kappa shape index (κ1) is 24.2. The van der Waals surface area contributed by atoms with E-state index in [1.54, 1.807) is 42.7 Å². The number of nitrogens with one attached hydrogen (secondary N) is 4. The zero-order chi connectivity index (χ0) is 24.3. The van der Waals surface area contributed by atoms with Crippen LogP contribution in [0.25, 0.3) is 0 Å². The summed E-state index contributed by atoms with van der Waals surface area (Å²) in [5.74, 6) is -0.377. The normalized spacial score (nSPS) is 10.2. The van der Waals surface area contributed by atoms with E-state index in [1.807, 2.05) is 19.1 Å². The molecule has 3 aromatic rings. The Morgan fingerprint density at radius 2 is 1.79 bits per heavy atom. The average Bonchev–Trinajstić information content (AvgIpc) is 2.84. The fraction of sp³-hybridized carbons (Fsp3) is 0.208. The zero-order valence-corrected chi connectivity index (χ0v) is 18.9. The van der Waals surface area contributed by atoms with E-state index >= 15 is 0 Å². The molecule has 0 spiro atoms. The van der Waals surface area contributed by atoms with Crippen molar-refractivity contribution in [1.82, 2.24) is 15.3 Å². The second-order valence-corrected chi connectivity index (χ2v) is 7.19. The van der Waals surface area contributed by atoms with Crippen LogP contribution in [0.3, 0.4) is 0 Å². The lowest BCUT2D eigenvalue weighted by Crippen LogP contribution is -2.28. The number of anilines is 4. The number of pyridine rings is 2.